The number of ether oxygens (including phenoxy) is 1. The minimum Gasteiger partial charge on any atom is -0.497 e. The molecule has 1 aliphatic rings. The summed E-state index contributed by atoms with van der Waals surface area (Å²) in [4.78, 5) is 8.74. The Morgan fingerprint density at radius 2 is 1.75 bits per heavy atom. The van der Waals surface area contributed by atoms with Gasteiger partial charge in [0.05, 0.1) is 25.1 Å². The summed E-state index contributed by atoms with van der Waals surface area (Å²) in [7, 11) is -1.64. The highest BCUT2D eigenvalue weighted by atomic mass is 32.2. The van der Waals surface area contributed by atoms with Gasteiger partial charge in [0.25, 0.3) is 0 Å². The number of pyridine rings is 1. The molecule has 7 nitrogen and oxygen atoms in total. The number of nitrogens with one attached hydrogen (secondary N) is 1. The number of piperazine rings is 1. The summed E-state index contributed by atoms with van der Waals surface area (Å²) in [6.07, 6.45) is 1.66. The van der Waals surface area contributed by atoms with Gasteiger partial charge in [0.2, 0.25) is 10.0 Å². The van der Waals surface area contributed by atoms with Crippen molar-refractivity contribution in [3.05, 3.63) is 59.9 Å². The zero-order chi connectivity index (χ0) is 19.8. The van der Waals surface area contributed by atoms with E-state index in [0.29, 0.717) is 6.54 Å². The number of rotatable bonds is 9. The predicted octanol–water partition coefficient (Wildman–Crippen LogP) is 1.33. The van der Waals surface area contributed by atoms with E-state index in [1.165, 1.54) is 5.56 Å². The fourth-order valence-electron chi connectivity index (χ4n) is 3.17. The van der Waals surface area contributed by atoms with Crippen molar-refractivity contribution in [1.29, 1.82) is 0 Å². The lowest BCUT2D eigenvalue weighted by Crippen LogP contribution is -2.47. The van der Waals surface area contributed by atoms with Gasteiger partial charge in [-0.1, -0.05) is 18.2 Å². The van der Waals surface area contributed by atoms with Crippen LogP contribution in [0.1, 0.15) is 11.3 Å². The molecule has 0 amide bonds. The average molecular weight is 405 g/mol. The molecule has 2 aromatic rings. The van der Waals surface area contributed by atoms with E-state index in [1.807, 2.05) is 30.3 Å². The molecule has 3 rings (SSSR count). The summed E-state index contributed by atoms with van der Waals surface area (Å²) < 4.78 is 32.3. The molecule has 0 bridgehead atoms. The van der Waals surface area contributed by atoms with Crippen LogP contribution in [0.3, 0.4) is 0 Å². The number of methoxy groups -OCH3 is 1. The van der Waals surface area contributed by atoms with Gasteiger partial charge in [0.15, 0.2) is 0 Å². The van der Waals surface area contributed by atoms with Crippen molar-refractivity contribution in [3.8, 4) is 5.75 Å². The summed E-state index contributed by atoms with van der Waals surface area (Å²) in [6, 6.07) is 13.6. The lowest BCUT2D eigenvalue weighted by atomic mass is 10.2. The number of benzene rings is 1. The summed E-state index contributed by atoms with van der Waals surface area (Å²) in [6.45, 7) is 5.33. The normalized spacial score (nSPS) is 16.2. The van der Waals surface area contributed by atoms with Crippen molar-refractivity contribution in [2.45, 2.75) is 13.1 Å². The van der Waals surface area contributed by atoms with Crippen molar-refractivity contribution in [2.24, 2.45) is 0 Å². The second-order valence-corrected chi connectivity index (χ2v) is 8.85. The van der Waals surface area contributed by atoms with Crippen LogP contribution < -0.4 is 9.46 Å². The first-order valence-electron chi connectivity index (χ1n) is 9.49. The van der Waals surface area contributed by atoms with Gasteiger partial charge in [-0.15, -0.1) is 0 Å². The van der Waals surface area contributed by atoms with Gasteiger partial charge < -0.3 is 4.74 Å². The highest BCUT2D eigenvalue weighted by molar-refractivity contribution is 7.89. The largest absolute Gasteiger partial charge is 0.497 e. The Hall–Kier alpha value is -2.00. The first kappa shape index (κ1) is 20.7. The Bertz CT molecular complexity index is 820. The van der Waals surface area contributed by atoms with E-state index in [9.17, 15) is 8.42 Å². The zero-order valence-corrected chi connectivity index (χ0v) is 17.1. The summed E-state index contributed by atoms with van der Waals surface area (Å²) >= 11 is 0. The minimum atomic E-state index is -3.30. The SMILES string of the molecule is COc1ccc(CN2CCN(CCS(=O)(=O)NCc3ccccn3)CC2)cc1. The quantitative estimate of drug-likeness (QED) is 0.680. The maximum Gasteiger partial charge on any atom is 0.213 e. The van der Waals surface area contributed by atoms with Gasteiger partial charge in [-0.3, -0.25) is 14.8 Å². The molecule has 1 fully saturated rings. The highest BCUT2D eigenvalue weighted by Gasteiger charge is 2.19. The fourth-order valence-corrected chi connectivity index (χ4v) is 4.18. The van der Waals surface area contributed by atoms with E-state index in [1.54, 1.807) is 13.3 Å². The van der Waals surface area contributed by atoms with Crippen molar-refractivity contribution in [3.63, 3.8) is 0 Å². The Kier molecular flexibility index (Phi) is 7.38. The zero-order valence-electron chi connectivity index (χ0n) is 16.3. The lowest BCUT2D eigenvalue weighted by Gasteiger charge is -2.34. The topological polar surface area (TPSA) is 74.8 Å². The van der Waals surface area contributed by atoms with E-state index in [0.717, 1.165) is 44.2 Å². The summed E-state index contributed by atoms with van der Waals surface area (Å²) in [5, 5.41) is 0. The molecule has 8 heteroatoms. The number of aromatic nitrogens is 1. The standard InChI is InChI=1S/C20H28N4O3S/c1-27-20-7-5-18(6-8-20)17-24-12-10-23(11-13-24)14-15-28(25,26)22-16-19-4-2-3-9-21-19/h2-9,22H,10-17H2,1H3. The molecule has 1 saturated heterocycles. The molecule has 2 heterocycles. The Labute approximate surface area is 167 Å². The molecule has 1 aromatic carbocycles. The predicted molar refractivity (Wildman–Crippen MR) is 110 cm³/mol. The van der Waals surface area contributed by atoms with Gasteiger partial charge in [-0.05, 0) is 29.8 Å². The smallest absolute Gasteiger partial charge is 0.213 e. The van der Waals surface area contributed by atoms with Crippen LogP contribution in [0, 0.1) is 0 Å². The van der Waals surface area contributed by atoms with Crippen molar-refractivity contribution < 1.29 is 13.2 Å². The van der Waals surface area contributed by atoms with E-state index >= 15 is 0 Å². The first-order chi connectivity index (χ1) is 13.5. The third kappa shape index (κ3) is 6.56. The lowest BCUT2D eigenvalue weighted by molar-refractivity contribution is 0.132. The van der Waals surface area contributed by atoms with Gasteiger partial charge in [0.1, 0.15) is 5.75 Å². The van der Waals surface area contributed by atoms with Crippen LogP contribution in [0.5, 0.6) is 5.75 Å². The Morgan fingerprint density at radius 1 is 1.04 bits per heavy atom. The monoisotopic (exact) mass is 404 g/mol. The average Bonchev–Trinajstić information content (AvgIpc) is 2.73. The van der Waals surface area contributed by atoms with E-state index in [2.05, 4.69) is 31.6 Å². The molecule has 0 radical (unpaired) electrons. The van der Waals surface area contributed by atoms with Crippen molar-refractivity contribution >= 4 is 10.0 Å². The minimum absolute atomic E-state index is 0.109. The van der Waals surface area contributed by atoms with Gasteiger partial charge >= 0.3 is 0 Å². The molecule has 0 unspecified atom stereocenters. The molecule has 0 atom stereocenters. The summed E-state index contributed by atoms with van der Waals surface area (Å²) in [5.74, 6) is 0.977. The van der Waals surface area contributed by atoms with Crippen LogP contribution in [0.4, 0.5) is 0 Å². The molecule has 1 aliphatic heterocycles. The Balaban J connectivity index is 1.37. The van der Waals surface area contributed by atoms with Gasteiger partial charge in [0, 0.05) is 45.5 Å². The number of hydrogen-bond donors (Lipinski definition) is 1. The molecule has 1 N–H and O–H groups in total. The second kappa shape index (κ2) is 9.97. The molecular weight excluding hydrogens is 376 g/mol. The van der Waals surface area contributed by atoms with E-state index < -0.39 is 10.0 Å². The molecule has 28 heavy (non-hydrogen) atoms. The second-order valence-electron chi connectivity index (χ2n) is 6.93. The Morgan fingerprint density at radius 3 is 2.39 bits per heavy atom. The van der Waals surface area contributed by atoms with Crippen LogP contribution in [0.15, 0.2) is 48.7 Å². The van der Waals surface area contributed by atoms with E-state index in [4.69, 9.17) is 4.74 Å². The maximum absolute atomic E-state index is 12.2. The molecule has 0 aliphatic carbocycles. The van der Waals surface area contributed by atoms with Gasteiger partial charge in [-0.2, -0.15) is 0 Å². The van der Waals surface area contributed by atoms with Crippen LogP contribution in [0.2, 0.25) is 0 Å². The van der Waals surface area contributed by atoms with Crippen LogP contribution in [0.25, 0.3) is 0 Å². The van der Waals surface area contributed by atoms with Crippen molar-refractivity contribution in [1.82, 2.24) is 19.5 Å². The molecule has 152 valence electrons. The van der Waals surface area contributed by atoms with Crippen LogP contribution in [-0.4, -0.2) is 68.8 Å². The number of sulfonamides is 1. The molecule has 0 spiro atoms. The van der Waals surface area contributed by atoms with Crippen LogP contribution >= 0.6 is 0 Å². The summed E-state index contributed by atoms with van der Waals surface area (Å²) in [5.41, 5.74) is 1.98. The first-order valence-corrected chi connectivity index (χ1v) is 11.1. The van der Waals surface area contributed by atoms with E-state index in [-0.39, 0.29) is 12.3 Å². The number of hydrogen-bond acceptors (Lipinski definition) is 6. The number of nitrogens with zero attached hydrogens (tertiary/aromatic N) is 3. The van der Waals surface area contributed by atoms with Crippen LogP contribution in [-0.2, 0) is 23.1 Å². The highest BCUT2D eigenvalue weighted by Crippen LogP contribution is 2.14. The fraction of sp³-hybridized carbons (Fsp3) is 0.450. The molecule has 1 aromatic heterocycles. The third-order valence-corrected chi connectivity index (χ3v) is 6.21. The molecule has 0 saturated carbocycles. The van der Waals surface area contributed by atoms with Gasteiger partial charge in [-0.25, -0.2) is 13.1 Å². The van der Waals surface area contributed by atoms with Crippen molar-refractivity contribution in [2.75, 3.05) is 45.6 Å². The molecular formula is C20H28N4O3S. The third-order valence-electron chi connectivity index (χ3n) is 4.91. The maximum atomic E-state index is 12.2.